The van der Waals surface area contributed by atoms with E-state index in [9.17, 15) is 19.5 Å². The summed E-state index contributed by atoms with van der Waals surface area (Å²) in [5.41, 5.74) is 1.07. The van der Waals surface area contributed by atoms with E-state index < -0.39 is 23.7 Å². The molecular weight excluding hydrogens is 454 g/mol. The normalized spacial score (nSPS) is 18.5. The molecule has 2 aliphatic heterocycles. The van der Waals surface area contributed by atoms with E-state index >= 15 is 0 Å². The molecule has 1 fully saturated rings. The van der Waals surface area contributed by atoms with Gasteiger partial charge in [-0.15, -0.1) is 0 Å². The van der Waals surface area contributed by atoms with Crippen LogP contribution in [0.15, 0.2) is 70.9 Å². The molecule has 9 heteroatoms. The van der Waals surface area contributed by atoms with Crippen molar-refractivity contribution in [2.75, 3.05) is 20.3 Å². The smallest absolute Gasteiger partial charge is 0.337 e. The van der Waals surface area contributed by atoms with Crippen LogP contribution in [0.25, 0.3) is 5.76 Å². The topological polar surface area (TPSA) is 116 Å². The van der Waals surface area contributed by atoms with Crippen LogP contribution < -0.4 is 9.47 Å². The van der Waals surface area contributed by atoms with E-state index in [1.807, 2.05) is 0 Å². The van der Waals surface area contributed by atoms with Crippen molar-refractivity contribution in [3.8, 4) is 11.5 Å². The fraction of sp³-hybridized carbons (Fsp3) is 0.192. The molecule has 0 spiro atoms. The number of carbonyl (C=O) groups excluding carboxylic acids is 3. The minimum atomic E-state index is -0.917. The van der Waals surface area contributed by atoms with Crippen LogP contribution in [0.4, 0.5) is 0 Å². The number of ether oxygens (including phenoxy) is 3. The molecule has 1 N–H and O–H groups in total. The number of hydrogen-bond acceptors (Lipinski definition) is 8. The molecule has 3 aromatic rings. The number of rotatable bonds is 5. The largest absolute Gasteiger partial charge is 0.507 e. The highest BCUT2D eigenvalue weighted by atomic mass is 16.6. The maximum atomic E-state index is 13.2. The van der Waals surface area contributed by atoms with Gasteiger partial charge in [0.15, 0.2) is 11.5 Å². The average molecular weight is 475 g/mol. The molecule has 0 aliphatic carbocycles. The quantitative estimate of drug-likeness (QED) is 0.258. The third kappa shape index (κ3) is 4.01. The maximum absolute atomic E-state index is 13.2. The summed E-state index contributed by atoms with van der Waals surface area (Å²) in [6.07, 6.45) is 1.47. The van der Waals surface area contributed by atoms with Gasteiger partial charge in [-0.3, -0.25) is 9.59 Å². The minimum Gasteiger partial charge on any atom is -0.507 e. The van der Waals surface area contributed by atoms with Crippen molar-refractivity contribution >= 4 is 23.4 Å². The Morgan fingerprint density at radius 1 is 1.03 bits per heavy atom. The van der Waals surface area contributed by atoms with E-state index in [0.29, 0.717) is 47.2 Å². The predicted molar refractivity (Wildman–Crippen MR) is 122 cm³/mol. The number of esters is 1. The lowest BCUT2D eigenvalue weighted by atomic mass is 9.94. The maximum Gasteiger partial charge on any atom is 0.337 e. The molecule has 0 bridgehead atoms. The zero-order valence-corrected chi connectivity index (χ0v) is 18.7. The SMILES string of the molecule is COC(=O)c1ccc([C@@H]2/C(=C(\O)c3ccc4c(c3)OCCO4)C(=O)C(=O)N2Cc2ccco2)cc1. The Labute approximate surface area is 200 Å². The fourth-order valence-corrected chi connectivity index (χ4v) is 4.23. The van der Waals surface area contributed by atoms with E-state index in [1.165, 1.54) is 30.4 Å². The van der Waals surface area contributed by atoms with Gasteiger partial charge in [-0.25, -0.2) is 4.79 Å². The number of furan rings is 1. The second-order valence-electron chi connectivity index (χ2n) is 7.98. The molecule has 1 amide bonds. The van der Waals surface area contributed by atoms with Crippen LogP contribution in [-0.2, 0) is 20.9 Å². The Kier molecular flexibility index (Phi) is 5.74. The van der Waals surface area contributed by atoms with Gasteiger partial charge in [-0.05, 0) is 48.0 Å². The van der Waals surface area contributed by atoms with Crippen LogP contribution in [0.2, 0.25) is 0 Å². The molecule has 5 rings (SSSR count). The lowest BCUT2D eigenvalue weighted by molar-refractivity contribution is -0.140. The van der Waals surface area contributed by atoms with Gasteiger partial charge in [-0.1, -0.05) is 12.1 Å². The number of amides is 1. The summed E-state index contributed by atoms with van der Waals surface area (Å²) in [5, 5.41) is 11.3. The van der Waals surface area contributed by atoms with Crippen molar-refractivity contribution in [3.63, 3.8) is 0 Å². The van der Waals surface area contributed by atoms with Crippen LogP contribution in [0, 0.1) is 0 Å². The molecule has 3 heterocycles. The third-order valence-electron chi connectivity index (χ3n) is 5.91. The fourth-order valence-electron chi connectivity index (χ4n) is 4.23. The highest BCUT2D eigenvalue weighted by molar-refractivity contribution is 6.46. The van der Waals surface area contributed by atoms with E-state index in [-0.39, 0.29) is 17.9 Å². The Morgan fingerprint density at radius 2 is 1.74 bits per heavy atom. The average Bonchev–Trinajstić information content (AvgIpc) is 3.50. The van der Waals surface area contributed by atoms with Gasteiger partial charge < -0.3 is 28.6 Å². The summed E-state index contributed by atoms with van der Waals surface area (Å²) in [4.78, 5) is 39.5. The van der Waals surface area contributed by atoms with Gasteiger partial charge in [0.1, 0.15) is 24.7 Å². The first-order chi connectivity index (χ1) is 17.0. The van der Waals surface area contributed by atoms with Crippen molar-refractivity contribution in [3.05, 3.63) is 88.9 Å². The highest BCUT2D eigenvalue weighted by Gasteiger charge is 2.46. The molecule has 0 unspecified atom stereocenters. The first-order valence-corrected chi connectivity index (χ1v) is 10.9. The van der Waals surface area contributed by atoms with Crippen LogP contribution in [0.5, 0.6) is 11.5 Å². The Hall–Kier alpha value is -4.53. The van der Waals surface area contributed by atoms with Crippen LogP contribution in [-0.4, -0.2) is 48.0 Å². The summed E-state index contributed by atoms with van der Waals surface area (Å²) >= 11 is 0. The van der Waals surface area contributed by atoms with Crippen molar-refractivity contribution in [2.24, 2.45) is 0 Å². The molecule has 2 aliphatic rings. The van der Waals surface area contributed by atoms with Crippen LogP contribution >= 0.6 is 0 Å². The predicted octanol–water partition coefficient (Wildman–Crippen LogP) is 3.46. The Balaban J connectivity index is 1.62. The highest BCUT2D eigenvalue weighted by Crippen LogP contribution is 2.41. The number of ketones is 1. The molecule has 178 valence electrons. The van der Waals surface area contributed by atoms with Gasteiger partial charge in [0, 0.05) is 5.56 Å². The van der Waals surface area contributed by atoms with E-state index in [1.54, 1.807) is 42.5 Å². The van der Waals surface area contributed by atoms with Gasteiger partial charge in [0.2, 0.25) is 0 Å². The molecule has 35 heavy (non-hydrogen) atoms. The van der Waals surface area contributed by atoms with Gasteiger partial charge in [-0.2, -0.15) is 0 Å². The van der Waals surface area contributed by atoms with Crippen molar-refractivity contribution in [1.29, 1.82) is 0 Å². The van der Waals surface area contributed by atoms with Crippen molar-refractivity contribution in [2.45, 2.75) is 12.6 Å². The number of hydrogen-bond donors (Lipinski definition) is 1. The second-order valence-corrected chi connectivity index (χ2v) is 7.98. The number of Topliss-reactive ketones (excluding diaryl/α,β-unsaturated/α-hetero) is 1. The summed E-state index contributed by atoms with van der Waals surface area (Å²) in [7, 11) is 1.28. The molecule has 0 radical (unpaired) electrons. The second kappa shape index (κ2) is 9.02. The van der Waals surface area contributed by atoms with Crippen molar-refractivity contribution in [1.82, 2.24) is 4.90 Å². The minimum absolute atomic E-state index is 0.0128. The first kappa shape index (κ1) is 22.3. The first-order valence-electron chi connectivity index (χ1n) is 10.9. The summed E-state index contributed by atoms with van der Waals surface area (Å²) in [5.74, 6) is -1.03. The Bertz CT molecular complexity index is 1320. The summed E-state index contributed by atoms with van der Waals surface area (Å²) in [6, 6.07) is 13.6. The van der Waals surface area contributed by atoms with Gasteiger partial charge in [0.05, 0.1) is 37.1 Å². The van der Waals surface area contributed by atoms with Crippen molar-refractivity contribution < 1.29 is 38.1 Å². The van der Waals surface area contributed by atoms with E-state index in [2.05, 4.69) is 0 Å². The van der Waals surface area contributed by atoms with Crippen LogP contribution in [0.3, 0.4) is 0 Å². The van der Waals surface area contributed by atoms with Gasteiger partial charge in [0.25, 0.3) is 11.7 Å². The standard InChI is InChI=1S/C26H21NO8/c1-32-26(31)16-6-4-15(5-7-16)22-21(24(29)25(30)27(22)14-18-3-2-10-33-18)23(28)17-8-9-19-20(13-17)35-12-11-34-19/h2-10,13,22,28H,11-12,14H2,1H3/b23-21+/t22-/m1/s1. The summed E-state index contributed by atoms with van der Waals surface area (Å²) in [6.45, 7) is 0.786. The molecule has 2 aromatic carbocycles. The molecule has 1 saturated heterocycles. The zero-order chi connectivity index (χ0) is 24.5. The lowest BCUT2D eigenvalue weighted by Crippen LogP contribution is -2.29. The Morgan fingerprint density at radius 3 is 2.43 bits per heavy atom. The zero-order valence-electron chi connectivity index (χ0n) is 18.7. The molecule has 0 saturated carbocycles. The van der Waals surface area contributed by atoms with E-state index in [0.717, 1.165) is 0 Å². The lowest BCUT2D eigenvalue weighted by Gasteiger charge is -2.25. The number of likely N-dealkylation sites (tertiary alicyclic amines) is 1. The number of carbonyl (C=O) groups is 3. The van der Waals surface area contributed by atoms with E-state index in [4.69, 9.17) is 18.6 Å². The number of nitrogens with zero attached hydrogens (tertiary/aromatic N) is 1. The third-order valence-corrected chi connectivity index (χ3v) is 5.91. The number of aliphatic hydroxyl groups is 1. The molecule has 1 aromatic heterocycles. The van der Waals surface area contributed by atoms with Gasteiger partial charge >= 0.3 is 5.97 Å². The molecular formula is C26H21NO8. The monoisotopic (exact) mass is 475 g/mol. The number of fused-ring (bicyclic) bond motifs is 1. The summed E-state index contributed by atoms with van der Waals surface area (Å²) < 4.78 is 21.3. The number of aliphatic hydroxyl groups excluding tert-OH is 1. The van der Waals surface area contributed by atoms with Crippen LogP contribution in [0.1, 0.15) is 33.3 Å². The molecule has 9 nitrogen and oxygen atoms in total. The number of benzene rings is 2. The molecule has 1 atom stereocenters. The number of methoxy groups -OCH3 is 1.